The first-order valence-electron chi connectivity index (χ1n) is 10.5. The summed E-state index contributed by atoms with van der Waals surface area (Å²) >= 11 is 0. The highest BCUT2D eigenvalue weighted by molar-refractivity contribution is 5.96. The molecule has 3 aliphatic heterocycles. The number of ether oxygens (including phenoxy) is 1. The molecule has 1 atom stereocenters. The molecular weight excluding hydrogens is 372 g/mol. The molecule has 2 fully saturated rings. The Kier molecular flexibility index (Phi) is 5.48. The maximum atomic E-state index is 12.8. The van der Waals surface area contributed by atoms with Crippen molar-refractivity contribution in [2.24, 2.45) is 0 Å². The zero-order valence-electron chi connectivity index (χ0n) is 17.3. The van der Waals surface area contributed by atoms with E-state index in [9.17, 15) is 9.59 Å². The van der Waals surface area contributed by atoms with Gasteiger partial charge < -0.3 is 14.7 Å². The van der Waals surface area contributed by atoms with E-state index in [2.05, 4.69) is 29.9 Å². The topological polar surface area (TPSA) is 87.9 Å². The number of rotatable bonds is 5. The average Bonchev–Trinajstić information content (AvgIpc) is 3.29. The minimum atomic E-state index is -1.11. The van der Waals surface area contributed by atoms with E-state index in [4.69, 9.17) is 9.84 Å². The van der Waals surface area contributed by atoms with E-state index in [1.54, 1.807) is 4.90 Å². The number of carboxylic acids is 1. The summed E-state index contributed by atoms with van der Waals surface area (Å²) in [4.78, 5) is 28.2. The molecular formula is C21H30N4O4. The van der Waals surface area contributed by atoms with Gasteiger partial charge in [-0.15, -0.1) is 0 Å². The summed E-state index contributed by atoms with van der Waals surface area (Å²) in [5.41, 5.74) is 1.59. The second-order valence-electron chi connectivity index (χ2n) is 8.74. The molecule has 4 rings (SSSR count). The van der Waals surface area contributed by atoms with Crippen LogP contribution in [0.2, 0.25) is 0 Å². The lowest BCUT2D eigenvalue weighted by atomic mass is 9.88. The summed E-state index contributed by atoms with van der Waals surface area (Å²) in [6, 6.07) is 1.37. The van der Waals surface area contributed by atoms with Crippen molar-refractivity contribution in [1.29, 1.82) is 0 Å². The highest BCUT2D eigenvalue weighted by Gasteiger charge is 2.43. The number of aromatic carboxylic acids is 1. The van der Waals surface area contributed by atoms with Crippen molar-refractivity contribution in [2.45, 2.75) is 57.8 Å². The molecule has 8 nitrogen and oxygen atoms in total. The third-order valence-corrected chi connectivity index (χ3v) is 6.37. The van der Waals surface area contributed by atoms with Crippen molar-refractivity contribution in [3.8, 4) is 0 Å². The molecule has 0 saturated carbocycles. The summed E-state index contributed by atoms with van der Waals surface area (Å²) in [6.45, 7) is 9.00. The van der Waals surface area contributed by atoms with Gasteiger partial charge in [0.1, 0.15) is 5.69 Å². The number of carboxylic acid groups (broad SMARTS) is 1. The van der Waals surface area contributed by atoms with Crippen LogP contribution >= 0.6 is 0 Å². The number of carbonyl (C=O) groups is 2. The maximum Gasteiger partial charge on any atom is 0.356 e. The number of hydrogen-bond donors (Lipinski definition) is 1. The molecule has 1 N–H and O–H groups in total. The number of aromatic nitrogens is 2. The Balaban J connectivity index is 1.32. The van der Waals surface area contributed by atoms with Crippen LogP contribution < -0.4 is 0 Å². The van der Waals surface area contributed by atoms with Crippen molar-refractivity contribution >= 4 is 11.9 Å². The van der Waals surface area contributed by atoms with Gasteiger partial charge in [0.05, 0.1) is 18.2 Å². The van der Waals surface area contributed by atoms with Gasteiger partial charge in [-0.05, 0) is 39.5 Å². The van der Waals surface area contributed by atoms with Gasteiger partial charge in [-0.25, -0.2) is 4.79 Å². The monoisotopic (exact) mass is 402 g/mol. The quantitative estimate of drug-likeness (QED) is 0.758. The average molecular weight is 402 g/mol. The highest BCUT2D eigenvalue weighted by Crippen LogP contribution is 2.39. The molecule has 0 aromatic carbocycles. The van der Waals surface area contributed by atoms with Crippen LogP contribution in [0.4, 0.5) is 0 Å². The Hall–Kier alpha value is -2.19. The van der Waals surface area contributed by atoms with E-state index in [1.807, 2.05) is 0 Å². The van der Waals surface area contributed by atoms with E-state index in [-0.39, 0.29) is 23.3 Å². The molecule has 4 heterocycles. The largest absolute Gasteiger partial charge is 0.476 e. The molecule has 3 aliphatic rings. The van der Waals surface area contributed by atoms with E-state index in [1.165, 1.54) is 16.3 Å². The normalized spacial score (nSPS) is 24.0. The Morgan fingerprint density at radius 1 is 1.28 bits per heavy atom. The molecule has 0 bridgehead atoms. The summed E-state index contributed by atoms with van der Waals surface area (Å²) in [5.74, 6) is -1.26. The van der Waals surface area contributed by atoms with Crippen LogP contribution in [0.5, 0.6) is 0 Å². The SMILES string of the molecule is CC(C)=CCN1CCC2(CCC(CN3CCn4nc(C(=O)O)cc4C3=O)O2)CC1. The molecule has 1 spiro atoms. The van der Waals surface area contributed by atoms with Gasteiger partial charge in [-0.1, -0.05) is 11.6 Å². The highest BCUT2D eigenvalue weighted by atomic mass is 16.5. The smallest absolute Gasteiger partial charge is 0.356 e. The number of hydrogen-bond acceptors (Lipinski definition) is 5. The molecule has 2 saturated heterocycles. The second kappa shape index (κ2) is 7.91. The summed E-state index contributed by atoms with van der Waals surface area (Å²) in [5, 5.41) is 13.1. The third kappa shape index (κ3) is 4.23. The van der Waals surface area contributed by atoms with Crippen LogP contribution in [-0.4, -0.2) is 81.0 Å². The predicted octanol–water partition coefficient (Wildman–Crippen LogP) is 2.02. The van der Waals surface area contributed by atoms with Crippen molar-refractivity contribution in [3.05, 3.63) is 29.1 Å². The number of fused-ring (bicyclic) bond motifs is 1. The van der Waals surface area contributed by atoms with E-state index in [0.717, 1.165) is 45.3 Å². The predicted molar refractivity (Wildman–Crippen MR) is 107 cm³/mol. The summed E-state index contributed by atoms with van der Waals surface area (Å²) in [7, 11) is 0. The Bertz CT molecular complexity index is 819. The number of likely N-dealkylation sites (tertiary alicyclic amines) is 1. The maximum absolute atomic E-state index is 12.8. The molecule has 0 radical (unpaired) electrons. The molecule has 1 aromatic heterocycles. The number of amides is 1. The van der Waals surface area contributed by atoms with Gasteiger partial charge in [0.25, 0.3) is 5.91 Å². The zero-order valence-corrected chi connectivity index (χ0v) is 17.3. The van der Waals surface area contributed by atoms with E-state index >= 15 is 0 Å². The van der Waals surface area contributed by atoms with Crippen LogP contribution in [0, 0.1) is 0 Å². The minimum Gasteiger partial charge on any atom is -0.476 e. The van der Waals surface area contributed by atoms with Crippen LogP contribution in [0.1, 0.15) is 60.5 Å². The van der Waals surface area contributed by atoms with Gasteiger partial charge in [-0.2, -0.15) is 5.10 Å². The number of allylic oxidation sites excluding steroid dienone is 1. The third-order valence-electron chi connectivity index (χ3n) is 6.37. The lowest BCUT2D eigenvalue weighted by Gasteiger charge is -2.39. The molecule has 1 aromatic rings. The molecule has 29 heavy (non-hydrogen) atoms. The lowest BCUT2D eigenvalue weighted by molar-refractivity contribution is -0.0813. The van der Waals surface area contributed by atoms with E-state index in [0.29, 0.717) is 25.3 Å². The van der Waals surface area contributed by atoms with Crippen LogP contribution in [0.25, 0.3) is 0 Å². The number of carbonyl (C=O) groups excluding carboxylic acids is 1. The first kappa shape index (κ1) is 20.1. The Morgan fingerprint density at radius 2 is 2.03 bits per heavy atom. The standard InChI is InChI=1S/C21H30N4O4/c1-15(2)4-8-23-9-6-21(7-10-23)5-3-16(29-21)14-24-11-12-25-18(19(24)26)13-17(22-25)20(27)28/h4,13,16H,3,5-12,14H2,1-2H3,(H,27,28). The summed E-state index contributed by atoms with van der Waals surface area (Å²) in [6.07, 6.45) is 6.44. The van der Waals surface area contributed by atoms with Gasteiger partial charge in [0, 0.05) is 38.8 Å². The minimum absolute atomic E-state index is 0.0385. The summed E-state index contributed by atoms with van der Waals surface area (Å²) < 4.78 is 8.00. The van der Waals surface area contributed by atoms with Crippen LogP contribution in [0.3, 0.4) is 0 Å². The molecule has 1 unspecified atom stereocenters. The zero-order chi connectivity index (χ0) is 20.6. The van der Waals surface area contributed by atoms with Crippen LogP contribution in [0.15, 0.2) is 17.7 Å². The lowest BCUT2D eigenvalue weighted by Crippen LogP contribution is -2.47. The number of nitrogens with zero attached hydrogens (tertiary/aromatic N) is 4. The first-order valence-corrected chi connectivity index (χ1v) is 10.5. The van der Waals surface area contributed by atoms with Gasteiger partial charge >= 0.3 is 5.97 Å². The fourth-order valence-corrected chi connectivity index (χ4v) is 4.61. The van der Waals surface area contributed by atoms with Crippen molar-refractivity contribution < 1.29 is 19.4 Å². The Morgan fingerprint density at radius 3 is 2.72 bits per heavy atom. The van der Waals surface area contributed by atoms with E-state index < -0.39 is 5.97 Å². The second-order valence-corrected chi connectivity index (χ2v) is 8.74. The van der Waals surface area contributed by atoms with Gasteiger partial charge in [0.2, 0.25) is 0 Å². The first-order chi connectivity index (χ1) is 13.8. The fraction of sp³-hybridized carbons (Fsp3) is 0.667. The van der Waals surface area contributed by atoms with Crippen molar-refractivity contribution in [1.82, 2.24) is 19.6 Å². The molecule has 8 heteroatoms. The Labute approximate surface area is 171 Å². The number of piperidine rings is 1. The van der Waals surface area contributed by atoms with Crippen molar-refractivity contribution in [3.63, 3.8) is 0 Å². The molecule has 1 amide bonds. The van der Waals surface area contributed by atoms with Gasteiger partial charge in [-0.3, -0.25) is 14.4 Å². The van der Waals surface area contributed by atoms with Crippen LogP contribution in [-0.2, 0) is 11.3 Å². The molecule has 158 valence electrons. The fourth-order valence-electron chi connectivity index (χ4n) is 4.61. The van der Waals surface area contributed by atoms with Crippen molar-refractivity contribution in [2.75, 3.05) is 32.7 Å². The molecule has 0 aliphatic carbocycles. The van der Waals surface area contributed by atoms with Gasteiger partial charge in [0.15, 0.2) is 5.69 Å².